The molecule has 3 nitrogen and oxygen atoms in total. The van der Waals surface area contributed by atoms with Crippen LogP contribution in [0.5, 0.6) is 0 Å². The monoisotopic (exact) mass is 225 g/mol. The Morgan fingerprint density at radius 2 is 2.13 bits per heavy atom. The normalized spacial score (nSPS) is 16.9. The van der Waals surface area contributed by atoms with Gasteiger partial charge in [0.1, 0.15) is 10.7 Å². The number of carboxylic acids is 1. The second-order valence-corrected chi connectivity index (χ2v) is 4.21. The molecule has 1 fully saturated rings. The fourth-order valence-electron chi connectivity index (χ4n) is 2.24. The van der Waals surface area contributed by atoms with E-state index in [0.29, 0.717) is 5.92 Å². The van der Waals surface area contributed by atoms with Gasteiger partial charge >= 0.3 is 5.97 Å². The van der Waals surface area contributed by atoms with Crippen molar-refractivity contribution in [3.05, 3.63) is 28.5 Å². The number of rotatable bonds is 2. The Hall–Kier alpha value is -1.09. The van der Waals surface area contributed by atoms with Crippen LogP contribution in [-0.2, 0) is 0 Å². The van der Waals surface area contributed by atoms with Gasteiger partial charge in [0.25, 0.3) is 0 Å². The molecule has 0 unspecified atom stereocenters. The smallest absolute Gasteiger partial charge is 0.339 e. The number of aromatic carboxylic acids is 1. The van der Waals surface area contributed by atoms with Crippen LogP contribution in [0.25, 0.3) is 0 Å². The molecule has 15 heavy (non-hydrogen) atoms. The summed E-state index contributed by atoms with van der Waals surface area (Å²) in [6, 6.07) is 1.78. The van der Waals surface area contributed by atoms with E-state index in [2.05, 4.69) is 4.98 Å². The molecule has 0 atom stereocenters. The van der Waals surface area contributed by atoms with E-state index in [1.54, 1.807) is 12.3 Å². The van der Waals surface area contributed by atoms with Crippen molar-refractivity contribution in [3.63, 3.8) is 0 Å². The zero-order valence-electron chi connectivity index (χ0n) is 8.24. The van der Waals surface area contributed by atoms with E-state index < -0.39 is 5.97 Å². The number of aromatic nitrogens is 1. The maximum absolute atomic E-state index is 11.1. The number of carbonyl (C=O) groups is 1. The summed E-state index contributed by atoms with van der Waals surface area (Å²) >= 11 is 5.81. The Morgan fingerprint density at radius 3 is 2.73 bits per heavy atom. The summed E-state index contributed by atoms with van der Waals surface area (Å²) < 4.78 is 0. The summed E-state index contributed by atoms with van der Waals surface area (Å²) in [5.41, 5.74) is 1.03. The average molecular weight is 226 g/mol. The molecule has 1 saturated carbocycles. The second kappa shape index (κ2) is 4.19. The fourth-order valence-corrected chi connectivity index (χ4v) is 2.49. The van der Waals surface area contributed by atoms with Gasteiger partial charge < -0.3 is 5.11 Å². The van der Waals surface area contributed by atoms with E-state index in [9.17, 15) is 4.79 Å². The lowest BCUT2D eigenvalue weighted by molar-refractivity contribution is 0.0695. The Kier molecular flexibility index (Phi) is 2.91. The molecular weight excluding hydrogens is 214 g/mol. The standard InChI is InChI=1S/C11H12ClNO2/c12-10-9(11(14)15)8(5-6-13-10)7-3-1-2-4-7/h5-7H,1-4H2,(H,14,15). The van der Waals surface area contributed by atoms with Crippen molar-refractivity contribution < 1.29 is 9.90 Å². The second-order valence-electron chi connectivity index (χ2n) is 3.85. The third-order valence-electron chi connectivity index (χ3n) is 2.95. The zero-order valence-corrected chi connectivity index (χ0v) is 9.00. The summed E-state index contributed by atoms with van der Waals surface area (Å²) in [6.45, 7) is 0. The molecule has 0 spiro atoms. The molecule has 1 N–H and O–H groups in total. The largest absolute Gasteiger partial charge is 0.478 e. The maximum atomic E-state index is 11.1. The van der Waals surface area contributed by atoms with Crippen molar-refractivity contribution in [2.24, 2.45) is 0 Å². The number of hydrogen-bond acceptors (Lipinski definition) is 2. The van der Waals surface area contributed by atoms with Crippen molar-refractivity contribution in [1.82, 2.24) is 4.98 Å². The highest BCUT2D eigenvalue weighted by molar-refractivity contribution is 6.32. The highest BCUT2D eigenvalue weighted by Gasteiger charge is 2.24. The van der Waals surface area contributed by atoms with Crippen LogP contribution in [0.3, 0.4) is 0 Å². The maximum Gasteiger partial charge on any atom is 0.339 e. The van der Waals surface area contributed by atoms with E-state index >= 15 is 0 Å². The van der Waals surface area contributed by atoms with Gasteiger partial charge in [0, 0.05) is 6.20 Å². The molecule has 4 heteroatoms. The van der Waals surface area contributed by atoms with E-state index in [-0.39, 0.29) is 10.7 Å². The van der Waals surface area contributed by atoms with Crippen LogP contribution in [0.15, 0.2) is 12.3 Å². The van der Waals surface area contributed by atoms with Gasteiger partial charge in [-0.25, -0.2) is 9.78 Å². The van der Waals surface area contributed by atoms with Gasteiger partial charge in [0.05, 0.1) is 0 Å². The lowest BCUT2D eigenvalue weighted by Gasteiger charge is -2.12. The van der Waals surface area contributed by atoms with E-state index in [1.807, 2.05) is 0 Å². The first-order valence-electron chi connectivity index (χ1n) is 5.08. The molecule has 1 heterocycles. The van der Waals surface area contributed by atoms with Gasteiger partial charge in [-0.3, -0.25) is 0 Å². The molecule has 0 saturated heterocycles. The molecule has 0 aliphatic heterocycles. The summed E-state index contributed by atoms with van der Waals surface area (Å²) in [5, 5.41) is 9.19. The van der Waals surface area contributed by atoms with Gasteiger partial charge in [-0.15, -0.1) is 0 Å². The SMILES string of the molecule is O=C(O)c1c(C2CCCC2)ccnc1Cl. The third-order valence-corrected chi connectivity index (χ3v) is 3.23. The summed E-state index contributed by atoms with van der Waals surface area (Å²) in [5.74, 6) is -0.633. The molecule has 1 aromatic heterocycles. The molecule has 2 rings (SSSR count). The van der Waals surface area contributed by atoms with Crippen molar-refractivity contribution in [3.8, 4) is 0 Å². The van der Waals surface area contributed by atoms with Crippen LogP contribution in [-0.4, -0.2) is 16.1 Å². The lowest BCUT2D eigenvalue weighted by Crippen LogP contribution is -2.07. The fraction of sp³-hybridized carbons (Fsp3) is 0.455. The highest BCUT2D eigenvalue weighted by Crippen LogP contribution is 2.36. The quantitative estimate of drug-likeness (QED) is 0.787. The number of nitrogens with zero attached hydrogens (tertiary/aromatic N) is 1. The van der Waals surface area contributed by atoms with Crippen LogP contribution in [0, 0.1) is 0 Å². The Bertz CT molecular complexity index is 386. The highest BCUT2D eigenvalue weighted by atomic mass is 35.5. The number of halogens is 1. The van der Waals surface area contributed by atoms with Crippen molar-refractivity contribution in [2.75, 3.05) is 0 Å². The minimum atomic E-state index is -0.977. The molecule has 0 radical (unpaired) electrons. The first-order chi connectivity index (χ1) is 7.20. The van der Waals surface area contributed by atoms with Gasteiger partial charge in [-0.05, 0) is 30.4 Å². The number of carboxylic acid groups (broad SMARTS) is 1. The third kappa shape index (κ3) is 1.97. The molecule has 1 aliphatic carbocycles. The van der Waals surface area contributed by atoms with Crippen molar-refractivity contribution in [2.45, 2.75) is 31.6 Å². The average Bonchev–Trinajstić information content (AvgIpc) is 2.69. The number of hydrogen-bond donors (Lipinski definition) is 1. The molecule has 80 valence electrons. The molecule has 0 aromatic carbocycles. The predicted octanol–water partition coefficient (Wildman–Crippen LogP) is 3.09. The Morgan fingerprint density at radius 1 is 1.47 bits per heavy atom. The van der Waals surface area contributed by atoms with Crippen LogP contribution in [0.1, 0.15) is 47.5 Å². The summed E-state index contributed by atoms with van der Waals surface area (Å²) in [7, 11) is 0. The predicted molar refractivity (Wildman–Crippen MR) is 57.4 cm³/mol. The van der Waals surface area contributed by atoms with Gasteiger partial charge in [-0.2, -0.15) is 0 Å². The Labute approximate surface area is 93.1 Å². The lowest BCUT2D eigenvalue weighted by atomic mass is 9.94. The number of pyridine rings is 1. The van der Waals surface area contributed by atoms with Crippen molar-refractivity contribution >= 4 is 17.6 Å². The minimum absolute atomic E-state index is 0.104. The first-order valence-corrected chi connectivity index (χ1v) is 5.45. The van der Waals surface area contributed by atoms with Crippen LogP contribution in [0.4, 0.5) is 0 Å². The van der Waals surface area contributed by atoms with Crippen molar-refractivity contribution in [1.29, 1.82) is 0 Å². The van der Waals surface area contributed by atoms with E-state index in [0.717, 1.165) is 18.4 Å². The Balaban J connectivity index is 2.45. The van der Waals surface area contributed by atoms with Gasteiger partial charge in [0.2, 0.25) is 0 Å². The van der Waals surface area contributed by atoms with Crippen LogP contribution in [0.2, 0.25) is 5.15 Å². The minimum Gasteiger partial charge on any atom is -0.478 e. The molecule has 1 aliphatic rings. The zero-order chi connectivity index (χ0) is 10.8. The van der Waals surface area contributed by atoms with Crippen LogP contribution < -0.4 is 0 Å². The van der Waals surface area contributed by atoms with Gasteiger partial charge in [0.15, 0.2) is 0 Å². The summed E-state index contributed by atoms with van der Waals surface area (Å²) in [4.78, 5) is 14.9. The molecule has 1 aromatic rings. The summed E-state index contributed by atoms with van der Waals surface area (Å²) in [6.07, 6.45) is 6.04. The van der Waals surface area contributed by atoms with Crippen LogP contribution >= 0.6 is 11.6 Å². The van der Waals surface area contributed by atoms with E-state index in [1.165, 1.54) is 12.8 Å². The van der Waals surface area contributed by atoms with Gasteiger partial charge in [-0.1, -0.05) is 24.4 Å². The molecular formula is C11H12ClNO2. The van der Waals surface area contributed by atoms with E-state index in [4.69, 9.17) is 16.7 Å². The topological polar surface area (TPSA) is 50.2 Å². The first kappa shape index (κ1) is 10.4. The molecule has 0 amide bonds. The molecule has 0 bridgehead atoms.